The van der Waals surface area contributed by atoms with Crippen molar-refractivity contribution in [3.05, 3.63) is 0 Å². The summed E-state index contributed by atoms with van der Waals surface area (Å²) in [6, 6.07) is 0.538. The second-order valence-corrected chi connectivity index (χ2v) is 6.13. The molecule has 0 aromatic rings. The van der Waals surface area contributed by atoms with E-state index in [1.807, 2.05) is 0 Å². The van der Waals surface area contributed by atoms with Crippen molar-refractivity contribution >= 4 is 5.91 Å². The highest BCUT2D eigenvalue weighted by Crippen LogP contribution is 2.29. The van der Waals surface area contributed by atoms with Gasteiger partial charge in [0.2, 0.25) is 5.91 Å². The summed E-state index contributed by atoms with van der Waals surface area (Å²) in [6.07, 6.45) is 7.16. The van der Waals surface area contributed by atoms with Crippen LogP contribution in [0.1, 0.15) is 52.4 Å². The topological polar surface area (TPSA) is 32.3 Å². The Balaban J connectivity index is 1.84. The van der Waals surface area contributed by atoms with Crippen molar-refractivity contribution in [3.8, 4) is 0 Å². The molecule has 1 saturated heterocycles. The molecule has 1 aliphatic carbocycles. The summed E-state index contributed by atoms with van der Waals surface area (Å²) in [4.78, 5) is 14.6. The largest absolute Gasteiger partial charge is 0.341 e. The molecule has 0 aromatic heterocycles. The molecular formula is C15H28N2O. The Morgan fingerprint density at radius 3 is 2.50 bits per heavy atom. The predicted molar refractivity (Wildman–Crippen MR) is 74.4 cm³/mol. The van der Waals surface area contributed by atoms with Crippen LogP contribution in [0.2, 0.25) is 0 Å². The standard InChI is InChI=1S/C15H28N2O/c1-3-17(11-14-5-4-10-16-14)15(18)13-8-6-12(2)7-9-13/h12-14,16H,3-11H2,1-2H3. The second kappa shape index (κ2) is 6.55. The Morgan fingerprint density at radius 1 is 1.22 bits per heavy atom. The molecule has 2 rings (SSSR count). The molecule has 3 nitrogen and oxygen atoms in total. The minimum Gasteiger partial charge on any atom is -0.341 e. The van der Waals surface area contributed by atoms with Gasteiger partial charge >= 0.3 is 0 Å². The molecule has 18 heavy (non-hydrogen) atoms. The molecule has 1 heterocycles. The number of carbonyl (C=O) groups is 1. The molecule has 0 spiro atoms. The Bertz CT molecular complexity index is 266. The number of amides is 1. The van der Waals surface area contributed by atoms with Crippen molar-refractivity contribution in [2.24, 2.45) is 11.8 Å². The molecule has 1 aliphatic heterocycles. The molecule has 104 valence electrons. The molecule has 0 bridgehead atoms. The molecule has 3 heteroatoms. The Kier molecular flexibility index (Phi) is 5.04. The number of hydrogen-bond donors (Lipinski definition) is 1. The van der Waals surface area contributed by atoms with Crippen LogP contribution in [0.3, 0.4) is 0 Å². The van der Waals surface area contributed by atoms with Gasteiger partial charge in [-0.25, -0.2) is 0 Å². The SMILES string of the molecule is CCN(CC1CCCN1)C(=O)C1CCC(C)CC1. The molecule has 0 radical (unpaired) electrons. The predicted octanol–water partition coefficient (Wildman–Crippen LogP) is 2.41. The first-order valence-corrected chi connectivity index (χ1v) is 7.73. The number of nitrogens with one attached hydrogen (secondary N) is 1. The summed E-state index contributed by atoms with van der Waals surface area (Å²) in [5, 5.41) is 3.49. The highest BCUT2D eigenvalue weighted by atomic mass is 16.2. The number of likely N-dealkylation sites (N-methyl/N-ethyl adjacent to an activating group) is 1. The van der Waals surface area contributed by atoms with E-state index in [0.717, 1.165) is 38.4 Å². The zero-order chi connectivity index (χ0) is 13.0. The molecule has 0 aromatic carbocycles. The van der Waals surface area contributed by atoms with Gasteiger partial charge in [0.25, 0.3) is 0 Å². The van der Waals surface area contributed by atoms with Gasteiger partial charge in [-0.2, -0.15) is 0 Å². The second-order valence-electron chi connectivity index (χ2n) is 6.13. The normalized spacial score (nSPS) is 32.4. The molecule has 1 saturated carbocycles. The van der Waals surface area contributed by atoms with Crippen LogP contribution in [0.5, 0.6) is 0 Å². The van der Waals surface area contributed by atoms with E-state index in [1.54, 1.807) is 0 Å². The van der Waals surface area contributed by atoms with Gasteiger partial charge in [-0.1, -0.05) is 6.92 Å². The summed E-state index contributed by atoms with van der Waals surface area (Å²) in [6.45, 7) is 7.32. The molecular weight excluding hydrogens is 224 g/mol. The van der Waals surface area contributed by atoms with Crippen molar-refractivity contribution in [1.82, 2.24) is 10.2 Å². The monoisotopic (exact) mass is 252 g/mol. The summed E-state index contributed by atoms with van der Waals surface area (Å²) < 4.78 is 0. The third-order valence-electron chi connectivity index (χ3n) is 4.66. The van der Waals surface area contributed by atoms with Crippen LogP contribution in [0, 0.1) is 11.8 Å². The minimum atomic E-state index is 0.308. The maximum atomic E-state index is 12.5. The zero-order valence-electron chi connectivity index (χ0n) is 12.0. The highest BCUT2D eigenvalue weighted by Gasteiger charge is 2.29. The third kappa shape index (κ3) is 3.47. The van der Waals surface area contributed by atoms with E-state index in [4.69, 9.17) is 0 Å². The van der Waals surface area contributed by atoms with E-state index in [0.29, 0.717) is 17.9 Å². The van der Waals surface area contributed by atoms with Crippen LogP contribution in [-0.2, 0) is 4.79 Å². The van der Waals surface area contributed by atoms with Crippen molar-refractivity contribution in [2.45, 2.75) is 58.4 Å². The maximum absolute atomic E-state index is 12.5. The maximum Gasteiger partial charge on any atom is 0.225 e. The molecule has 1 atom stereocenters. The lowest BCUT2D eigenvalue weighted by molar-refractivity contribution is -0.137. The Labute approximate surface area is 111 Å². The molecule has 1 N–H and O–H groups in total. The van der Waals surface area contributed by atoms with Crippen LogP contribution < -0.4 is 5.32 Å². The summed E-state index contributed by atoms with van der Waals surface area (Å²) in [7, 11) is 0. The lowest BCUT2D eigenvalue weighted by Gasteiger charge is -2.32. The van der Waals surface area contributed by atoms with Gasteiger partial charge in [-0.3, -0.25) is 4.79 Å². The lowest BCUT2D eigenvalue weighted by Crippen LogP contribution is -2.44. The fourth-order valence-corrected chi connectivity index (χ4v) is 3.32. The average molecular weight is 252 g/mol. The molecule has 1 unspecified atom stereocenters. The van der Waals surface area contributed by atoms with E-state index >= 15 is 0 Å². The highest BCUT2D eigenvalue weighted by molar-refractivity contribution is 5.79. The van der Waals surface area contributed by atoms with Gasteiger partial charge in [0.1, 0.15) is 0 Å². The number of hydrogen-bond acceptors (Lipinski definition) is 2. The fourth-order valence-electron chi connectivity index (χ4n) is 3.32. The van der Waals surface area contributed by atoms with E-state index < -0.39 is 0 Å². The van der Waals surface area contributed by atoms with Crippen molar-refractivity contribution in [1.29, 1.82) is 0 Å². The first-order valence-electron chi connectivity index (χ1n) is 7.73. The van der Waals surface area contributed by atoms with Crippen LogP contribution >= 0.6 is 0 Å². The van der Waals surface area contributed by atoms with E-state index in [-0.39, 0.29) is 0 Å². The van der Waals surface area contributed by atoms with Crippen LogP contribution in [-0.4, -0.2) is 36.5 Å². The van der Waals surface area contributed by atoms with E-state index in [9.17, 15) is 4.79 Å². The first kappa shape index (κ1) is 13.9. The van der Waals surface area contributed by atoms with Crippen LogP contribution in [0.25, 0.3) is 0 Å². The van der Waals surface area contributed by atoms with Gasteiger partial charge in [0.05, 0.1) is 0 Å². The summed E-state index contributed by atoms with van der Waals surface area (Å²) >= 11 is 0. The molecule has 2 fully saturated rings. The average Bonchev–Trinajstić information content (AvgIpc) is 2.89. The fraction of sp³-hybridized carbons (Fsp3) is 0.933. The summed E-state index contributed by atoms with van der Waals surface area (Å²) in [5.74, 6) is 1.54. The number of carbonyl (C=O) groups excluding carboxylic acids is 1. The summed E-state index contributed by atoms with van der Waals surface area (Å²) in [5.41, 5.74) is 0. The third-order valence-corrected chi connectivity index (χ3v) is 4.66. The van der Waals surface area contributed by atoms with Gasteiger partial charge in [-0.15, -0.1) is 0 Å². The lowest BCUT2D eigenvalue weighted by atomic mass is 9.82. The van der Waals surface area contributed by atoms with Gasteiger partial charge in [-0.05, 0) is 57.9 Å². The Morgan fingerprint density at radius 2 is 1.94 bits per heavy atom. The van der Waals surface area contributed by atoms with Crippen molar-refractivity contribution < 1.29 is 4.79 Å². The number of nitrogens with zero attached hydrogens (tertiary/aromatic N) is 1. The smallest absolute Gasteiger partial charge is 0.225 e. The van der Waals surface area contributed by atoms with Crippen LogP contribution in [0.15, 0.2) is 0 Å². The van der Waals surface area contributed by atoms with Gasteiger partial charge in [0, 0.05) is 25.0 Å². The molecule has 1 amide bonds. The number of rotatable bonds is 4. The Hall–Kier alpha value is -0.570. The van der Waals surface area contributed by atoms with Gasteiger partial charge < -0.3 is 10.2 Å². The first-order chi connectivity index (χ1) is 8.70. The quantitative estimate of drug-likeness (QED) is 0.833. The van der Waals surface area contributed by atoms with Crippen molar-refractivity contribution in [2.75, 3.05) is 19.6 Å². The zero-order valence-corrected chi connectivity index (χ0v) is 12.0. The van der Waals surface area contributed by atoms with E-state index in [2.05, 4.69) is 24.1 Å². The van der Waals surface area contributed by atoms with Crippen LogP contribution in [0.4, 0.5) is 0 Å². The molecule has 2 aliphatic rings. The minimum absolute atomic E-state index is 0.308. The van der Waals surface area contributed by atoms with E-state index in [1.165, 1.54) is 25.7 Å². The van der Waals surface area contributed by atoms with Gasteiger partial charge in [0.15, 0.2) is 0 Å². The van der Waals surface area contributed by atoms with Crippen molar-refractivity contribution in [3.63, 3.8) is 0 Å².